The van der Waals surface area contributed by atoms with Crippen molar-refractivity contribution in [2.75, 3.05) is 19.6 Å². The Kier molecular flexibility index (Phi) is 16.0. The number of aliphatic hydroxyl groups excluding tert-OH is 3. The van der Waals surface area contributed by atoms with E-state index in [-0.39, 0.29) is 104 Å². The minimum Gasteiger partial charge on any atom is -0.511 e. The highest BCUT2D eigenvalue weighted by Crippen LogP contribution is 2.37. The molecule has 0 aromatic rings. The number of hydrogen-bond donors (Lipinski definition) is 9. The number of rotatable bonds is 18. The number of nitrogens with one attached hydrogen (secondary N) is 3. The van der Waals surface area contributed by atoms with Crippen molar-refractivity contribution in [3.63, 3.8) is 0 Å². The van der Waals surface area contributed by atoms with Crippen molar-refractivity contribution < 1.29 is 49.2 Å². The molecule has 0 aromatic carbocycles. The summed E-state index contributed by atoms with van der Waals surface area (Å²) in [7, 11) is 0. The summed E-state index contributed by atoms with van der Waals surface area (Å²) < 4.78 is 0. The molecule has 0 fully saturated rings. The molecule has 17 nitrogen and oxygen atoms in total. The number of aliphatic imine (C=N–C) groups is 2. The van der Waals surface area contributed by atoms with Gasteiger partial charge in [0.15, 0.2) is 11.6 Å². The van der Waals surface area contributed by atoms with E-state index in [1.54, 1.807) is 6.92 Å². The van der Waals surface area contributed by atoms with E-state index in [0.717, 1.165) is 0 Å². The Bertz CT molecular complexity index is 1560. The highest BCUT2D eigenvalue weighted by Gasteiger charge is 2.36. The minimum absolute atomic E-state index is 0.00712. The minimum atomic E-state index is -1.59. The second-order valence-electron chi connectivity index (χ2n) is 15.4. The highest BCUT2D eigenvalue weighted by atomic mass is 16.4. The number of nitrogens with zero attached hydrogens (tertiary/aromatic N) is 2. The van der Waals surface area contributed by atoms with Crippen molar-refractivity contribution in [2.45, 2.75) is 124 Å². The molecular weight excluding hydrogens is 690 g/mol. The Hall–Kier alpha value is -4.48. The molecule has 0 aliphatic heterocycles. The van der Waals surface area contributed by atoms with Crippen LogP contribution in [0, 0.1) is 10.8 Å². The topological polar surface area (TPSA) is 296 Å². The molecule has 11 N–H and O–H groups in total. The predicted octanol–water partition coefficient (Wildman–Crippen LogP) is 0.687. The van der Waals surface area contributed by atoms with Gasteiger partial charge in [-0.2, -0.15) is 0 Å². The highest BCUT2D eigenvalue weighted by molar-refractivity contribution is 6.23. The zero-order valence-corrected chi connectivity index (χ0v) is 31.7. The van der Waals surface area contributed by atoms with Gasteiger partial charge in [-0.25, -0.2) is 4.79 Å². The standard InChI is InChI=1S/C36H57N7O10/c1-18(28-24(45)14-35(4,5)15-25(28)46)39-12-9-21(38)31(49)43-30(20(3)44)33(51)41-22(32(50)42-23(8-11-37)34(52)53)10-13-40-19(2)29-26(47)16-36(6,7)17-27(29)48/h20-23,30,44-45,47H,8-17,37-38H2,1-7H3,(H,41,51)(H,42,50)(H,43,49)(H,52,53)/t20-,21+,22+,23+,30+/m1/s1. The lowest BCUT2D eigenvalue weighted by atomic mass is 9.76. The zero-order chi connectivity index (χ0) is 40.4. The molecule has 3 amide bonds. The number of carboxylic acid groups (broad SMARTS) is 1. The molecule has 0 saturated carbocycles. The second-order valence-corrected chi connectivity index (χ2v) is 15.4. The molecule has 53 heavy (non-hydrogen) atoms. The molecule has 0 saturated heterocycles. The molecule has 0 unspecified atom stereocenters. The maximum atomic E-state index is 13.4. The summed E-state index contributed by atoms with van der Waals surface area (Å²) in [6.45, 7) is 11.6. The molecule has 0 aromatic heterocycles. The molecule has 0 heterocycles. The lowest BCUT2D eigenvalue weighted by molar-refractivity contribution is -0.142. The van der Waals surface area contributed by atoms with Gasteiger partial charge in [-0.05, 0) is 57.4 Å². The van der Waals surface area contributed by atoms with Crippen LogP contribution < -0.4 is 27.4 Å². The molecule has 0 spiro atoms. The van der Waals surface area contributed by atoms with Gasteiger partial charge in [-0.15, -0.1) is 0 Å². The number of allylic oxidation sites excluding steroid dienone is 4. The van der Waals surface area contributed by atoms with Crippen molar-refractivity contribution in [2.24, 2.45) is 32.3 Å². The number of amides is 3. The smallest absolute Gasteiger partial charge is 0.326 e. The summed E-state index contributed by atoms with van der Waals surface area (Å²) >= 11 is 0. The lowest BCUT2D eigenvalue weighted by Crippen LogP contribution is -2.60. The van der Waals surface area contributed by atoms with E-state index in [2.05, 4.69) is 25.9 Å². The average Bonchev–Trinajstić information content (AvgIpc) is 3.00. The van der Waals surface area contributed by atoms with E-state index < -0.39 is 59.4 Å². The van der Waals surface area contributed by atoms with Crippen molar-refractivity contribution in [1.82, 2.24) is 16.0 Å². The van der Waals surface area contributed by atoms with Crippen molar-refractivity contribution in [3.05, 3.63) is 22.7 Å². The summed E-state index contributed by atoms with van der Waals surface area (Å²) in [5.41, 5.74) is 11.5. The number of aliphatic carboxylic acids is 1. The molecule has 17 heteroatoms. The fraction of sp³-hybridized carbons (Fsp3) is 0.667. The van der Waals surface area contributed by atoms with E-state index in [1.807, 2.05) is 27.7 Å². The van der Waals surface area contributed by atoms with Gasteiger partial charge < -0.3 is 47.8 Å². The molecule has 296 valence electrons. The summed E-state index contributed by atoms with van der Waals surface area (Å²) in [4.78, 5) is 85.5. The first kappa shape index (κ1) is 44.7. The average molecular weight is 748 g/mol. The van der Waals surface area contributed by atoms with Crippen LogP contribution >= 0.6 is 0 Å². The van der Waals surface area contributed by atoms with Crippen LogP contribution in [0.15, 0.2) is 32.6 Å². The quantitative estimate of drug-likeness (QED) is 0.0876. The van der Waals surface area contributed by atoms with Gasteiger partial charge in [0.1, 0.15) is 29.6 Å². The SMILES string of the molecule is CC(=NCC[C@H](NC(=O)[C@@H](NC(=O)[C@@H](N)CCN=C(C)C1=C(O)CC(C)(C)CC1=O)[C@@H](C)O)C(=O)N[C@@H](CCN)C(=O)O)C1=C(O)CC(C)(C)CC1=O. The van der Waals surface area contributed by atoms with Crippen LogP contribution in [-0.4, -0.2) is 117 Å². The van der Waals surface area contributed by atoms with Crippen LogP contribution in [0.2, 0.25) is 0 Å². The van der Waals surface area contributed by atoms with E-state index in [0.29, 0.717) is 12.1 Å². The molecule has 2 aliphatic carbocycles. The van der Waals surface area contributed by atoms with E-state index in [9.17, 15) is 49.2 Å². The summed E-state index contributed by atoms with van der Waals surface area (Å²) in [5, 5.41) is 48.1. The largest absolute Gasteiger partial charge is 0.511 e. The fourth-order valence-electron chi connectivity index (χ4n) is 6.31. The van der Waals surface area contributed by atoms with Crippen molar-refractivity contribution in [3.8, 4) is 0 Å². The maximum absolute atomic E-state index is 13.4. The number of carboxylic acids is 1. The molecule has 5 atom stereocenters. The molecular formula is C36H57N7O10. The Balaban J connectivity index is 2.19. The van der Waals surface area contributed by atoms with Crippen LogP contribution in [0.1, 0.15) is 93.4 Å². The number of ketones is 2. The van der Waals surface area contributed by atoms with Gasteiger partial charge in [-0.3, -0.25) is 34.0 Å². The first-order valence-corrected chi connectivity index (χ1v) is 17.7. The fourth-order valence-corrected chi connectivity index (χ4v) is 6.31. The van der Waals surface area contributed by atoms with Crippen molar-refractivity contribution >= 4 is 46.7 Å². The van der Waals surface area contributed by atoms with Gasteiger partial charge in [0, 0.05) is 50.2 Å². The third kappa shape index (κ3) is 13.2. The molecule has 2 aliphatic rings. The van der Waals surface area contributed by atoms with Crippen LogP contribution in [0.3, 0.4) is 0 Å². The van der Waals surface area contributed by atoms with Gasteiger partial charge in [0.05, 0.1) is 23.3 Å². The molecule has 2 rings (SSSR count). The van der Waals surface area contributed by atoms with Crippen LogP contribution in [0.5, 0.6) is 0 Å². The summed E-state index contributed by atoms with van der Waals surface area (Å²) in [6.07, 6.45) is -0.752. The third-order valence-electron chi connectivity index (χ3n) is 9.09. The summed E-state index contributed by atoms with van der Waals surface area (Å²) in [6, 6.07) is -5.58. The lowest BCUT2D eigenvalue weighted by Gasteiger charge is -2.29. The van der Waals surface area contributed by atoms with Crippen LogP contribution in [0.25, 0.3) is 0 Å². The number of Topliss-reactive ketones (excluding diaryl/α,β-unsaturated/α-hetero) is 2. The number of hydrogen-bond acceptors (Lipinski definition) is 13. The van der Waals surface area contributed by atoms with E-state index in [4.69, 9.17) is 11.5 Å². The molecule has 0 bridgehead atoms. The van der Waals surface area contributed by atoms with Crippen molar-refractivity contribution in [1.29, 1.82) is 0 Å². The Morgan fingerprint density at radius 3 is 1.60 bits per heavy atom. The number of carbonyl (C=O) groups is 6. The van der Waals surface area contributed by atoms with Crippen LogP contribution in [0.4, 0.5) is 0 Å². The summed E-state index contributed by atoms with van der Waals surface area (Å²) in [5.74, 6) is -4.72. The first-order chi connectivity index (χ1) is 24.5. The first-order valence-electron chi connectivity index (χ1n) is 17.7. The van der Waals surface area contributed by atoms with Gasteiger partial charge in [0.25, 0.3) is 0 Å². The Morgan fingerprint density at radius 1 is 0.736 bits per heavy atom. The number of aliphatic hydroxyl groups is 3. The maximum Gasteiger partial charge on any atom is 0.326 e. The monoisotopic (exact) mass is 747 g/mol. The Morgan fingerprint density at radius 2 is 1.19 bits per heavy atom. The van der Waals surface area contributed by atoms with Crippen LogP contribution in [-0.2, 0) is 28.8 Å². The third-order valence-corrected chi connectivity index (χ3v) is 9.09. The predicted molar refractivity (Wildman–Crippen MR) is 197 cm³/mol. The van der Waals surface area contributed by atoms with Gasteiger partial charge in [-0.1, -0.05) is 27.7 Å². The normalized spacial score (nSPS) is 20.6. The van der Waals surface area contributed by atoms with E-state index in [1.165, 1.54) is 13.8 Å². The van der Waals surface area contributed by atoms with Gasteiger partial charge in [0.2, 0.25) is 17.7 Å². The van der Waals surface area contributed by atoms with E-state index >= 15 is 0 Å². The molecule has 0 radical (unpaired) electrons. The second kappa shape index (κ2) is 19.0. The number of nitrogens with two attached hydrogens (primary N) is 2. The zero-order valence-electron chi connectivity index (χ0n) is 31.7. The number of carbonyl (C=O) groups excluding carboxylic acids is 5. The van der Waals surface area contributed by atoms with Gasteiger partial charge >= 0.3 is 5.97 Å². The Labute approximate surface area is 309 Å².